The Morgan fingerprint density at radius 2 is 0.828 bits per heavy atom. The van der Waals surface area contributed by atoms with E-state index in [2.05, 4.69) is 106 Å². The second-order valence-corrected chi connectivity index (χ2v) is 38.0. The highest BCUT2D eigenvalue weighted by molar-refractivity contribution is 7.98. The van der Waals surface area contributed by atoms with Crippen molar-refractivity contribution in [3.8, 4) is 0 Å². The largest absolute Gasteiger partial charge is 0.481 e. The summed E-state index contributed by atoms with van der Waals surface area (Å²) in [5.41, 5.74) is 28.9. The highest BCUT2D eigenvalue weighted by Gasteiger charge is 2.44. The molecular formula is C92H153N27O25S. The molecule has 20 amide bonds. The molecule has 1 saturated heterocycles. The molecule has 34 N–H and O–H groups in total. The van der Waals surface area contributed by atoms with E-state index in [1.807, 2.05) is 0 Å². The van der Waals surface area contributed by atoms with Gasteiger partial charge in [0.15, 0.2) is 5.96 Å². The van der Waals surface area contributed by atoms with Crippen molar-refractivity contribution in [3.63, 3.8) is 0 Å². The molecule has 1 aliphatic heterocycles. The van der Waals surface area contributed by atoms with E-state index in [0.717, 1.165) is 6.92 Å². The lowest BCUT2D eigenvalue weighted by atomic mass is 9.99. The summed E-state index contributed by atoms with van der Waals surface area (Å²) in [6.07, 6.45) is 2.28. The standard InChI is InChI=1S/C92H153N27O25S/c1-47(2)38-62(113-88(141)69-27-21-36-119(69)91(144)65(40-54-22-14-13-15-23-54)114-85(138)66(43-120)104-53(11)123)82(135)103-52(10)75(128)117-72(49(5)6)89(142)110-59(28-30-70(95)124)81(134)111-63(39-48(3)4)83(136)112-64(41-55-42-99-46-101-55)84(137)118-73(50(7)8)90(143)116-68(45-122)87(140)107-56(24-16-18-33-93)77(130)105-58(26-20-35-100-92(97)98)79(132)115-67(44-121)86(139)106-57(25-17-19-34-94)78(131)108-60(29-31-71(125)126)80(133)109-61(32-37-145-12)76(129)102-51(9)74(96)127/h13-15,22-23,42,46-52,56-69,72-73,120-122H,16-21,24-41,43-45,93-94H2,1-12H3,(H2,95,124)(H2,96,127)(H,99,101)(H,102,129)(H,103,135)(H,104,123)(H,105,130)(H,106,139)(H,107,140)(H,108,131)(H,109,133)(H,110,142)(H,111,134)(H,112,136)(H,113,141)(H,114,138)(H,115,132)(H,116,143)(H,117,128)(H,118,137)(H,125,126)(H4,97,98,100)/t51-,52-,56-,57-,58-,59-,60-,61-,62-,63-,64-,65-,66-,67-,68-,69-,72-,73-/m0/s1. The van der Waals surface area contributed by atoms with Crippen LogP contribution in [0.3, 0.4) is 0 Å². The number of carboxylic acid groups (broad SMARTS) is 1. The fourth-order valence-electron chi connectivity index (χ4n) is 15.1. The van der Waals surface area contributed by atoms with Crippen molar-refractivity contribution in [1.29, 1.82) is 5.41 Å². The number of amides is 20. The van der Waals surface area contributed by atoms with Crippen molar-refractivity contribution in [2.75, 3.05) is 58.0 Å². The minimum absolute atomic E-state index is 0.0110. The average molecular weight is 2070 g/mol. The number of hydrogen-bond donors (Lipinski definition) is 29. The van der Waals surface area contributed by atoms with Gasteiger partial charge in [-0.15, -0.1) is 0 Å². The smallest absolute Gasteiger partial charge is 0.303 e. The van der Waals surface area contributed by atoms with Gasteiger partial charge in [-0.05, 0) is 164 Å². The van der Waals surface area contributed by atoms with Crippen LogP contribution in [0.25, 0.3) is 0 Å². The zero-order chi connectivity index (χ0) is 109. The summed E-state index contributed by atoms with van der Waals surface area (Å²) in [6.45, 7) is 13.9. The number of rotatable bonds is 69. The number of aromatic amines is 1. The third kappa shape index (κ3) is 46.1. The van der Waals surface area contributed by atoms with Crippen LogP contribution in [0.5, 0.6) is 0 Å². The number of thioether (sulfide) groups is 1. The van der Waals surface area contributed by atoms with Crippen molar-refractivity contribution in [2.45, 2.75) is 307 Å². The summed E-state index contributed by atoms with van der Waals surface area (Å²) in [5.74, 6) is -22.7. The summed E-state index contributed by atoms with van der Waals surface area (Å²) in [6, 6.07) is -18.6. The molecule has 0 saturated carbocycles. The fourth-order valence-corrected chi connectivity index (χ4v) is 15.6. The molecule has 145 heavy (non-hydrogen) atoms. The van der Waals surface area contributed by atoms with Gasteiger partial charge in [0, 0.05) is 57.6 Å². The van der Waals surface area contributed by atoms with Gasteiger partial charge in [-0.2, -0.15) is 11.8 Å². The number of hydrogen-bond acceptors (Lipinski definition) is 29. The van der Waals surface area contributed by atoms with Crippen LogP contribution < -0.4 is 124 Å². The number of nitrogens with one attached hydrogen (secondary N) is 20. The number of guanidine groups is 1. The Bertz CT molecular complexity index is 4630. The van der Waals surface area contributed by atoms with Crippen LogP contribution in [-0.4, -0.2) is 332 Å². The van der Waals surface area contributed by atoms with Gasteiger partial charge in [-0.25, -0.2) is 4.98 Å². The van der Waals surface area contributed by atoms with Crippen molar-refractivity contribution >= 4 is 142 Å². The molecule has 3 rings (SSSR count). The number of primary amides is 2. The molecule has 52 nitrogen and oxygen atoms in total. The normalized spacial score (nSPS) is 15.8. The first-order valence-electron chi connectivity index (χ1n) is 48.5. The maximum atomic E-state index is 14.8. The molecule has 0 radical (unpaired) electrons. The lowest BCUT2D eigenvalue weighted by molar-refractivity contribution is -0.142. The molecule has 2 aromatic rings. The lowest BCUT2D eigenvalue weighted by Crippen LogP contribution is -2.62. The number of unbranched alkanes of at least 4 members (excludes halogenated alkanes) is 2. The number of carboxylic acids is 1. The Labute approximate surface area is 846 Å². The summed E-state index contributed by atoms with van der Waals surface area (Å²) < 4.78 is 0. The van der Waals surface area contributed by atoms with Gasteiger partial charge < -0.3 is 155 Å². The Hall–Kier alpha value is -13.3. The number of benzene rings is 1. The number of aliphatic carboxylic acids is 1. The van der Waals surface area contributed by atoms with Gasteiger partial charge >= 0.3 is 5.97 Å². The molecule has 1 aromatic carbocycles. The molecule has 1 aromatic heterocycles. The maximum Gasteiger partial charge on any atom is 0.303 e. The van der Waals surface area contributed by atoms with Crippen LogP contribution in [0, 0.1) is 29.1 Å². The van der Waals surface area contributed by atoms with E-state index in [1.165, 1.54) is 56.9 Å². The number of likely N-dealkylation sites (tertiary alicyclic amines) is 1. The molecule has 0 unspecified atom stereocenters. The fraction of sp³-hybridized carbons (Fsp3) is 0.663. The Morgan fingerprint density at radius 3 is 1.26 bits per heavy atom. The van der Waals surface area contributed by atoms with E-state index in [4.69, 9.17) is 34.1 Å². The van der Waals surface area contributed by atoms with Crippen molar-refractivity contribution in [1.82, 2.24) is 111 Å². The van der Waals surface area contributed by atoms with Crippen LogP contribution in [0.2, 0.25) is 0 Å². The molecule has 1 aliphatic rings. The van der Waals surface area contributed by atoms with Crippen LogP contribution in [0.1, 0.15) is 197 Å². The van der Waals surface area contributed by atoms with Crippen molar-refractivity contribution < 1.29 is 121 Å². The second kappa shape index (κ2) is 65.9. The topological polar surface area (TPSA) is 842 Å². The van der Waals surface area contributed by atoms with Crippen LogP contribution >= 0.6 is 11.8 Å². The van der Waals surface area contributed by atoms with E-state index < -0.39 is 302 Å². The predicted octanol–water partition coefficient (Wildman–Crippen LogP) is -8.24. The molecule has 53 heteroatoms. The van der Waals surface area contributed by atoms with Crippen molar-refractivity contribution in [3.05, 3.63) is 54.1 Å². The molecule has 1 fully saturated rings. The monoisotopic (exact) mass is 2070 g/mol. The van der Waals surface area contributed by atoms with Gasteiger partial charge in [0.1, 0.15) is 109 Å². The van der Waals surface area contributed by atoms with Crippen molar-refractivity contribution in [2.24, 2.45) is 52.3 Å². The SMILES string of the molecule is CSCC[C@H](NC(=O)[C@H](CCC(=O)O)NC(=O)[C@H](CCCCN)NC(=O)[C@H](CO)NC(=O)[C@H](CCCNC(=N)N)NC(=O)[C@H](CCCCN)NC(=O)[C@H](CO)NC(=O)[C@@H](NC(=O)[C@H](Cc1cnc[nH]1)NC(=O)[C@H](CC(C)C)NC(=O)[C@H](CCC(N)=O)NC(=O)[C@@H](NC(=O)[C@H](C)NC(=O)[C@H](CC(C)C)NC(=O)[C@@H]1CCCN1C(=O)[C@H](Cc1ccccc1)NC(=O)[C@H](CO)NC(C)=O)C(C)C)C(C)C)C(=O)N[C@@H](C)C(N)=O. The molecule has 812 valence electrons. The predicted molar refractivity (Wildman–Crippen MR) is 529 cm³/mol. The Kier molecular flexibility index (Phi) is 57.2. The van der Waals surface area contributed by atoms with Gasteiger partial charge in [0.05, 0.1) is 26.1 Å². The number of nitrogens with zero attached hydrogens (tertiary/aromatic N) is 2. The minimum Gasteiger partial charge on any atom is -0.481 e. The molecule has 0 aliphatic carbocycles. The summed E-state index contributed by atoms with van der Waals surface area (Å²) >= 11 is 1.31. The molecule has 2 heterocycles. The van der Waals surface area contributed by atoms with E-state index in [-0.39, 0.29) is 121 Å². The highest BCUT2D eigenvalue weighted by atomic mass is 32.2. The third-order valence-electron chi connectivity index (χ3n) is 23.2. The number of aliphatic hydroxyl groups excluding tert-OH is 3. The first-order valence-corrected chi connectivity index (χ1v) is 49.9. The highest BCUT2D eigenvalue weighted by Crippen LogP contribution is 2.23. The summed E-state index contributed by atoms with van der Waals surface area (Å²) in [7, 11) is 0. The average Bonchev–Trinajstić information content (AvgIpc) is 1.69. The lowest BCUT2D eigenvalue weighted by Gasteiger charge is -2.31. The molecular weight excluding hydrogens is 1920 g/mol. The van der Waals surface area contributed by atoms with Crippen LogP contribution in [-0.2, 0) is 114 Å². The number of carbonyl (C=O) groups excluding carboxylic acids is 20. The number of imidazole rings is 1. The maximum absolute atomic E-state index is 14.8. The zero-order valence-corrected chi connectivity index (χ0v) is 85.2. The second-order valence-electron chi connectivity index (χ2n) is 37.0. The number of H-pyrrole nitrogens is 1. The Morgan fingerprint density at radius 1 is 0.441 bits per heavy atom. The number of carbonyl (C=O) groups is 21. The zero-order valence-electron chi connectivity index (χ0n) is 84.4. The summed E-state index contributed by atoms with van der Waals surface area (Å²) in [5, 5.41) is 94.0. The quantitative estimate of drug-likeness (QED) is 0.0166. The van der Waals surface area contributed by atoms with E-state index in [0.29, 0.717) is 24.2 Å². The van der Waals surface area contributed by atoms with E-state index in [9.17, 15) is 121 Å². The van der Waals surface area contributed by atoms with E-state index in [1.54, 1.807) is 78.1 Å². The van der Waals surface area contributed by atoms with Gasteiger partial charge in [0.2, 0.25) is 118 Å². The number of aromatic nitrogens is 2. The minimum atomic E-state index is -1.91. The third-order valence-corrected chi connectivity index (χ3v) is 23.8. The van der Waals surface area contributed by atoms with Gasteiger partial charge in [0.25, 0.3) is 0 Å². The van der Waals surface area contributed by atoms with E-state index >= 15 is 0 Å². The first-order chi connectivity index (χ1) is 68.4. The van der Waals surface area contributed by atoms with Gasteiger partial charge in [-0.3, -0.25) is 106 Å². The van der Waals surface area contributed by atoms with Gasteiger partial charge in [-0.1, -0.05) is 85.7 Å². The molecule has 18 atom stereocenters. The first kappa shape index (κ1) is 126. The Balaban J connectivity index is 1.91. The van der Waals surface area contributed by atoms with Crippen LogP contribution in [0.15, 0.2) is 42.9 Å². The molecule has 0 spiro atoms. The molecule has 0 bridgehead atoms. The number of aliphatic hydroxyl groups is 3. The van der Waals surface area contributed by atoms with Crippen LogP contribution in [0.4, 0.5) is 0 Å². The summed E-state index contributed by atoms with van der Waals surface area (Å²) in [4.78, 5) is 299. The number of nitrogens with two attached hydrogens (primary N) is 5.